The van der Waals surface area contributed by atoms with Crippen LogP contribution in [0.5, 0.6) is 5.75 Å². The number of methoxy groups -OCH3 is 1. The van der Waals surface area contributed by atoms with E-state index in [0.29, 0.717) is 5.75 Å². The Balaban J connectivity index is 2.70. The lowest BCUT2D eigenvalue weighted by Crippen LogP contribution is -2.43. The molecule has 0 saturated carbocycles. The van der Waals surface area contributed by atoms with Crippen LogP contribution in [-0.2, 0) is 14.3 Å². The SMILES string of the molecule is COc1cc(F)ccc1[C@@H](C)[C@H](C)OC(=O)[C@H](C)NC(=O)OC(C)(C)C. The van der Waals surface area contributed by atoms with Gasteiger partial charge in [-0.2, -0.15) is 0 Å². The highest BCUT2D eigenvalue weighted by Crippen LogP contribution is 2.30. The summed E-state index contributed by atoms with van der Waals surface area (Å²) in [5, 5.41) is 2.44. The van der Waals surface area contributed by atoms with Gasteiger partial charge in [0.2, 0.25) is 0 Å². The molecule has 0 aliphatic carbocycles. The standard InChI is InChI=1S/C19H28FNO5/c1-11(15-9-8-14(20)10-16(15)24-7)13(3)25-17(22)12(2)21-18(23)26-19(4,5)6/h8-13H,1-7H3,(H,21,23)/t11-,12-,13-/m0/s1. The van der Waals surface area contributed by atoms with Crippen molar-refractivity contribution in [2.24, 2.45) is 0 Å². The molecular weight excluding hydrogens is 341 g/mol. The van der Waals surface area contributed by atoms with Gasteiger partial charge in [0.15, 0.2) is 0 Å². The fourth-order valence-corrected chi connectivity index (χ4v) is 2.24. The van der Waals surface area contributed by atoms with E-state index in [0.717, 1.165) is 5.56 Å². The van der Waals surface area contributed by atoms with Crippen molar-refractivity contribution < 1.29 is 28.2 Å². The average Bonchev–Trinajstić information content (AvgIpc) is 2.51. The average molecular weight is 369 g/mol. The summed E-state index contributed by atoms with van der Waals surface area (Å²) >= 11 is 0. The molecule has 0 bridgehead atoms. The Morgan fingerprint density at radius 2 is 1.77 bits per heavy atom. The fraction of sp³-hybridized carbons (Fsp3) is 0.579. The van der Waals surface area contributed by atoms with Crippen LogP contribution in [-0.4, -0.2) is 36.9 Å². The van der Waals surface area contributed by atoms with E-state index < -0.39 is 35.6 Å². The van der Waals surface area contributed by atoms with Crippen molar-refractivity contribution in [1.29, 1.82) is 0 Å². The van der Waals surface area contributed by atoms with E-state index in [2.05, 4.69) is 5.32 Å². The van der Waals surface area contributed by atoms with Crippen molar-refractivity contribution in [3.8, 4) is 5.75 Å². The van der Waals surface area contributed by atoms with Crippen molar-refractivity contribution in [2.45, 2.75) is 65.2 Å². The second kappa shape index (κ2) is 8.87. The van der Waals surface area contributed by atoms with Crippen LogP contribution in [0.3, 0.4) is 0 Å². The third-order valence-electron chi connectivity index (χ3n) is 3.78. The molecule has 0 unspecified atom stereocenters. The summed E-state index contributed by atoms with van der Waals surface area (Å²) in [6.45, 7) is 10.3. The summed E-state index contributed by atoms with van der Waals surface area (Å²) in [7, 11) is 1.45. The number of carbonyl (C=O) groups excluding carboxylic acids is 2. The molecule has 26 heavy (non-hydrogen) atoms. The summed E-state index contributed by atoms with van der Waals surface area (Å²) in [4.78, 5) is 24.0. The first-order valence-corrected chi connectivity index (χ1v) is 8.48. The maximum atomic E-state index is 13.3. The van der Waals surface area contributed by atoms with Crippen LogP contribution in [0.25, 0.3) is 0 Å². The molecule has 0 aliphatic rings. The number of hydrogen-bond donors (Lipinski definition) is 1. The quantitative estimate of drug-likeness (QED) is 0.773. The summed E-state index contributed by atoms with van der Waals surface area (Å²) in [5.41, 5.74) is 0.0659. The van der Waals surface area contributed by atoms with Crippen molar-refractivity contribution in [2.75, 3.05) is 7.11 Å². The summed E-state index contributed by atoms with van der Waals surface area (Å²) < 4.78 is 29.1. The topological polar surface area (TPSA) is 73.9 Å². The third kappa shape index (κ3) is 6.54. The van der Waals surface area contributed by atoms with E-state index in [4.69, 9.17) is 14.2 Å². The predicted octanol–water partition coefficient (Wildman–Crippen LogP) is 3.78. The van der Waals surface area contributed by atoms with Crippen LogP contribution in [0, 0.1) is 5.82 Å². The normalized spacial score (nSPS) is 14.8. The van der Waals surface area contributed by atoms with Gasteiger partial charge in [-0.15, -0.1) is 0 Å². The molecular formula is C19H28FNO5. The number of alkyl carbamates (subject to hydrolysis) is 1. The number of hydrogen-bond acceptors (Lipinski definition) is 5. The Morgan fingerprint density at radius 1 is 1.15 bits per heavy atom. The number of ether oxygens (including phenoxy) is 3. The fourth-order valence-electron chi connectivity index (χ4n) is 2.24. The van der Waals surface area contributed by atoms with Gasteiger partial charge in [0.25, 0.3) is 0 Å². The summed E-state index contributed by atoms with van der Waals surface area (Å²) in [6, 6.07) is 3.35. The molecule has 1 aromatic carbocycles. The highest BCUT2D eigenvalue weighted by Gasteiger charge is 2.26. The highest BCUT2D eigenvalue weighted by atomic mass is 19.1. The number of benzene rings is 1. The van der Waals surface area contributed by atoms with Gasteiger partial charge >= 0.3 is 12.1 Å². The Bertz CT molecular complexity index is 641. The summed E-state index contributed by atoms with van der Waals surface area (Å²) in [5.74, 6) is -0.836. The van der Waals surface area contributed by atoms with E-state index in [9.17, 15) is 14.0 Å². The minimum Gasteiger partial charge on any atom is -0.496 e. The maximum absolute atomic E-state index is 13.3. The molecule has 1 amide bonds. The second-order valence-electron chi connectivity index (χ2n) is 7.18. The second-order valence-corrected chi connectivity index (χ2v) is 7.18. The Hall–Kier alpha value is -2.31. The van der Waals surface area contributed by atoms with E-state index in [1.807, 2.05) is 6.92 Å². The minimum absolute atomic E-state index is 0.233. The molecule has 1 N–H and O–H groups in total. The van der Waals surface area contributed by atoms with Crippen molar-refractivity contribution in [3.63, 3.8) is 0 Å². The summed E-state index contributed by atoms with van der Waals surface area (Å²) in [6.07, 6.45) is -1.20. The van der Waals surface area contributed by atoms with Crippen LogP contribution < -0.4 is 10.1 Å². The number of amides is 1. The number of nitrogens with one attached hydrogen (secondary N) is 1. The molecule has 6 nitrogen and oxygen atoms in total. The molecule has 0 spiro atoms. The molecule has 0 aromatic heterocycles. The van der Waals surface area contributed by atoms with Gasteiger partial charge in [-0.25, -0.2) is 14.0 Å². The van der Waals surface area contributed by atoms with Gasteiger partial charge in [-0.05, 0) is 40.7 Å². The van der Waals surface area contributed by atoms with Crippen molar-refractivity contribution in [1.82, 2.24) is 5.32 Å². The molecule has 0 aliphatic heterocycles. The van der Waals surface area contributed by atoms with Gasteiger partial charge in [0.05, 0.1) is 7.11 Å². The predicted molar refractivity (Wildman–Crippen MR) is 95.8 cm³/mol. The van der Waals surface area contributed by atoms with Crippen LogP contribution in [0.15, 0.2) is 18.2 Å². The lowest BCUT2D eigenvalue weighted by Gasteiger charge is -2.25. The molecule has 1 rings (SSSR count). The monoisotopic (exact) mass is 369 g/mol. The zero-order valence-corrected chi connectivity index (χ0v) is 16.4. The number of carbonyl (C=O) groups is 2. The van der Waals surface area contributed by atoms with E-state index in [1.165, 1.54) is 26.2 Å². The van der Waals surface area contributed by atoms with Gasteiger partial charge in [-0.3, -0.25) is 0 Å². The lowest BCUT2D eigenvalue weighted by atomic mass is 9.95. The van der Waals surface area contributed by atoms with Crippen LogP contribution >= 0.6 is 0 Å². The van der Waals surface area contributed by atoms with Crippen LogP contribution in [0.1, 0.15) is 53.0 Å². The Kier molecular flexibility index (Phi) is 7.41. The van der Waals surface area contributed by atoms with Gasteiger partial charge in [0, 0.05) is 17.5 Å². The minimum atomic E-state index is -0.866. The number of rotatable bonds is 6. The highest BCUT2D eigenvalue weighted by molar-refractivity contribution is 5.81. The third-order valence-corrected chi connectivity index (χ3v) is 3.78. The molecule has 3 atom stereocenters. The first-order chi connectivity index (χ1) is 11.9. The molecule has 0 fully saturated rings. The zero-order valence-electron chi connectivity index (χ0n) is 16.4. The largest absolute Gasteiger partial charge is 0.496 e. The molecule has 0 radical (unpaired) electrons. The number of halogens is 1. The smallest absolute Gasteiger partial charge is 0.408 e. The molecule has 146 valence electrons. The van der Waals surface area contributed by atoms with Gasteiger partial charge in [-0.1, -0.05) is 13.0 Å². The van der Waals surface area contributed by atoms with E-state index in [1.54, 1.807) is 33.8 Å². The van der Waals surface area contributed by atoms with E-state index in [-0.39, 0.29) is 5.92 Å². The van der Waals surface area contributed by atoms with Crippen molar-refractivity contribution >= 4 is 12.1 Å². The van der Waals surface area contributed by atoms with E-state index >= 15 is 0 Å². The van der Waals surface area contributed by atoms with Gasteiger partial charge in [0.1, 0.15) is 29.3 Å². The van der Waals surface area contributed by atoms with Crippen molar-refractivity contribution in [3.05, 3.63) is 29.6 Å². The number of esters is 1. The first kappa shape index (κ1) is 21.7. The lowest BCUT2D eigenvalue weighted by molar-refractivity contribution is -0.151. The Morgan fingerprint density at radius 3 is 2.31 bits per heavy atom. The van der Waals surface area contributed by atoms with Gasteiger partial charge < -0.3 is 19.5 Å². The first-order valence-electron chi connectivity index (χ1n) is 8.48. The Labute approximate surface area is 154 Å². The molecule has 0 heterocycles. The molecule has 1 aromatic rings. The maximum Gasteiger partial charge on any atom is 0.408 e. The van der Waals surface area contributed by atoms with Crippen LogP contribution in [0.2, 0.25) is 0 Å². The zero-order chi connectivity index (χ0) is 20.1. The molecule has 7 heteroatoms. The van der Waals surface area contributed by atoms with Crippen LogP contribution in [0.4, 0.5) is 9.18 Å². The molecule has 0 saturated heterocycles.